The largest absolute Gasteiger partial charge is 0.495 e. The molecule has 0 aliphatic carbocycles. The summed E-state index contributed by atoms with van der Waals surface area (Å²) >= 11 is 7.27. The van der Waals surface area contributed by atoms with Crippen LogP contribution in [0.15, 0.2) is 52.3 Å². The van der Waals surface area contributed by atoms with Crippen LogP contribution in [0, 0.1) is 0 Å². The first-order valence-electron chi connectivity index (χ1n) is 8.51. The number of aromatic nitrogens is 1. The fourth-order valence-electron chi connectivity index (χ4n) is 2.80. The lowest BCUT2D eigenvalue weighted by molar-refractivity contribution is 0.262. The molecule has 0 aliphatic heterocycles. The number of fused-ring (bicyclic) bond motifs is 1. The first-order chi connectivity index (χ1) is 14.1. The molecule has 7 nitrogen and oxygen atoms in total. The number of carbonyl (C=O) groups excluding carboxylic acids is 1. The predicted octanol–water partition coefficient (Wildman–Crippen LogP) is 5.87. The summed E-state index contributed by atoms with van der Waals surface area (Å²) in [6.45, 7) is 0. The second-order valence-electron chi connectivity index (χ2n) is 5.95. The Bertz CT molecular complexity index is 1190. The van der Waals surface area contributed by atoms with Gasteiger partial charge in [0, 0.05) is 15.8 Å². The highest BCUT2D eigenvalue weighted by atomic mass is 35.5. The van der Waals surface area contributed by atoms with Crippen molar-refractivity contribution < 1.29 is 18.7 Å². The Balaban J connectivity index is 1.51. The van der Waals surface area contributed by atoms with E-state index in [-0.39, 0.29) is 0 Å². The van der Waals surface area contributed by atoms with E-state index in [0.29, 0.717) is 44.4 Å². The van der Waals surface area contributed by atoms with Crippen LogP contribution in [0.5, 0.6) is 11.5 Å². The molecule has 2 heterocycles. The number of methoxy groups -OCH3 is 2. The van der Waals surface area contributed by atoms with Gasteiger partial charge in [-0.05, 0) is 30.3 Å². The highest BCUT2D eigenvalue weighted by molar-refractivity contribution is 7.14. The van der Waals surface area contributed by atoms with Gasteiger partial charge in [-0.1, -0.05) is 23.7 Å². The Labute approximate surface area is 175 Å². The Morgan fingerprint density at radius 2 is 1.93 bits per heavy atom. The summed E-state index contributed by atoms with van der Waals surface area (Å²) in [6, 6.07) is 12.0. The fourth-order valence-corrected chi connectivity index (χ4v) is 3.66. The smallest absolute Gasteiger partial charge is 0.325 e. The zero-order valence-corrected chi connectivity index (χ0v) is 17.1. The molecule has 0 saturated carbocycles. The number of rotatable bonds is 5. The highest BCUT2D eigenvalue weighted by Crippen LogP contribution is 2.34. The number of benzene rings is 2. The van der Waals surface area contributed by atoms with Crippen LogP contribution < -0.4 is 20.1 Å². The molecule has 2 aromatic carbocycles. The molecule has 0 aliphatic rings. The van der Waals surface area contributed by atoms with Gasteiger partial charge in [0.05, 0.1) is 19.9 Å². The maximum absolute atomic E-state index is 12.3. The summed E-state index contributed by atoms with van der Waals surface area (Å²) in [5.41, 5.74) is 1.72. The fraction of sp³-hybridized carbons (Fsp3) is 0.100. The molecular weight excluding hydrogens is 414 g/mol. The van der Waals surface area contributed by atoms with Crippen molar-refractivity contribution in [3.8, 4) is 23.0 Å². The van der Waals surface area contributed by atoms with Crippen molar-refractivity contribution in [2.24, 2.45) is 0 Å². The van der Waals surface area contributed by atoms with Gasteiger partial charge in [-0.15, -0.1) is 11.3 Å². The number of hydrogen-bond donors (Lipinski definition) is 2. The van der Waals surface area contributed by atoms with E-state index in [1.165, 1.54) is 18.4 Å². The first-order valence-corrected chi connectivity index (χ1v) is 9.77. The quantitative estimate of drug-likeness (QED) is 0.414. The second-order valence-corrected chi connectivity index (χ2v) is 7.25. The number of nitrogens with one attached hydrogen (secondary N) is 2. The summed E-state index contributed by atoms with van der Waals surface area (Å²) in [4.78, 5) is 16.8. The van der Waals surface area contributed by atoms with Crippen molar-refractivity contribution in [3.63, 3.8) is 0 Å². The van der Waals surface area contributed by atoms with E-state index in [0.717, 1.165) is 5.39 Å². The number of thiazole rings is 1. The molecule has 0 fully saturated rings. The third-order valence-electron chi connectivity index (χ3n) is 4.11. The normalized spacial score (nSPS) is 10.7. The summed E-state index contributed by atoms with van der Waals surface area (Å²) in [5.74, 6) is 1.74. The number of nitrogens with zero attached hydrogens (tertiary/aromatic N) is 1. The van der Waals surface area contributed by atoms with Crippen LogP contribution in [-0.4, -0.2) is 25.2 Å². The Morgan fingerprint density at radius 3 is 2.72 bits per heavy atom. The van der Waals surface area contributed by atoms with Crippen LogP contribution in [0.25, 0.3) is 22.4 Å². The van der Waals surface area contributed by atoms with Crippen LogP contribution in [0.2, 0.25) is 5.02 Å². The Kier molecular flexibility index (Phi) is 5.28. The van der Waals surface area contributed by atoms with Gasteiger partial charge in [-0.25, -0.2) is 9.78 Å². The number of amides is 2. The van der Waals surface area contributed by atoms with Crippen molar-refractivity contribution in [2.45, 2.75) is 0 Å². The summed E-state index contributed by atoms with van der Waals surface area (Å²) < 4.78 is 16.4. The van der Waals surface area contributed by atoms with Gasteiger partial charge in [0.1, 0.15) is 11.4 Å². The lowest BCUT2D eigenvalue weighted by atomic mass is 10.2. The van der Waals surface area contributed by atoms with Crippen LogP contribution in [0.4, 0.5) is 15.6 Å². The van der Waals surface area contributed by atoms with Crippen LogP contribution >= 0.6 is 22.9 Å². The topological polar surface area (TPSA) is 85.6 Å². The van der Waals surface area contributed by atoms with Gasteiger partial charge in [-0.3, -0.25) is 5.32 Å². The van der Waals surface area contributed by atoms with Crippen molar-refractivity contribution in [1.82, 2.24) is 4.98 Å². The Hall–Kier alpha value is -3.23. The molecule has 9 heteroatoms. The maximum atomic E-state index is 12.3. The molecule has 0 unspecified atom stereocenters. The van der Waals surface area contributed by atoms with Crippen molar-refractivity contribution in [1.29, 1.82) is 0 Å². The number of anilines is 2. The molecule has 2 N–H and O–H groups in total. The molecule has 29 heavy (non-hydrogen) atoms. The van der Waals surface area contributed by atoms with Crippen molar-refractivity contribution in [3.05, 3.63) is 52.9 Å². The average molecular weight is 430 g/mol. The molecule has 148 valence electrons. The van der Waals surface area contributed by atoms with Gasteiger partial charge in [-0.2, -0.15) is 0 Å². The summed E-state index contributed by atoms with van der Waals surface area (Å²) in [5, 5.41) is 9.03. The zero-order valence-electron chi connectivity index (χ0n) is 15.5. The molecular formula is C20H16ClN3O4S. The van der Waals surface area contributed by atoms with Gasteiger partial charge < -0.3 is 19.2 Å². The average Bonchev–Trinajstić information content (AvgIpc) is 3.34. The number of para-hydroxylation sites is 1. The molecule has 0 bridgehead atoms. The van der Waals surface area contributed by atoms with E-state index in [9.17, 15) is 4.79 Å². The van der Waals surface area contributed by atoms with Gasteiger partial charge in [0.2, 0.25) is 0 Å². The standard InChI is InChI=1S/C20H16ClN3O4S/c1-26-15-7-6-12(21)9-13(15)22-19(25)24-20-23-14(10-29-20)17-8-11-4-3-5-16(27-2)18(11)28-17/h3-10H,1-2H3,(H2,22,23,24,25). The summed E-state index contributed by atoms with van der Waals surface area (Å²) in [6.07, 6.45) is 0. The zero-order chi connectivity index (χ0) is 20.4. The van der Waals surface area contributed by atoms with Crippen LogP contribution in [0.3, 0.4) is 0 Å². The molecule has 2 aromatic heterocycles. The number of hydrogen-bond acceptors (Lipinski definition) is 6. The molecule has 0 saturated heterocycles. The Morgan fingerprint density at radius 1 is 1.10 bits per heavy atom. The minimum atomic E-state index is -0.460. The predicted molar refractivity (Wildman–Crippen MR) is 115 cm³/mol. The molecule has 2 amide bonds. The van der Waals surface area contributed by atoms with Gasteiger partial charge in [0.15, 0.2) is 22.2 Å². The van der Waals surface area contributed by atoms with E-state index < -0.39 is 6.03 Å². The number of halogens is 1. The molecule has 0 spiro atoms. The number of urea groups is 1. The van der Waals surface area contributed by atoms with Crippen LogP contribution in [-0.2, 0) is 0 Å². The maximum Gasteiger partial charge on any atom is 0.325 e. The van der Waals surface area contributed by atoms with Gasteiger partial charge >= 0.3 is 6.03 Å². The molecule has 0 atom stereocenters. The van der Waals surface area contributed by atoms with Crippen molar-refractivity contribution in [2.75, 3.05) is 24.9 Å². The molecule has 4 aromatic rings. The van der Waals surface area contributed by atoms with E-state index in [1.54, 1.807) is 30.7 Å². The SMILES string of the molecule is COc1ccc(Cl)cc1NC(=O)Nc1nc(-c2cc3cccc(OC)c3o2)cs1. The second kappa shape index (κ2) is 8.02. The minimum absolute atomic E-state index is 0.422. The first kappa shape index (κ1) is 19.1. The third-order valence-corrected chi connectivity index (χ3v) is 5.11. The lowest BCUT2D eigenvalue weighted by Gasteiger charge is -2.10. The van der Waals surface area contributed by atoms with E-state index in [2.05, 4.69) is 15.6 Å². The van der Waals surface area contributed by atoms with Crippen molar-refractivity contribution >= 4 is 50.8 Å². The number of furan rings is 1. The molecule has 0 radical (unpaired) electrons. The number of ether oxygens (including phenoxy) is 2. The summed E-state index contributed by atoms with van der Waals surface area (Å²) in [7, 11) is 3.11. The molecule has 4 rings (SSSR count). The van der Waals surface area contributed by atoms with E-state index in [1.807, 2.05) is 24.3 Å². The highest BCUT2D eigenvalue weighted by Gasteiger charge is 2.15. The van der Waals surface area contributed by atoms with Crippen LogP contribution in [0.1, 0.15) is 0 Å². The number of carbonyl (C=O) groups is 1. The minimum Gasteiger partial charge on any atom is -0.495 e. The third kappa shape index (κ3) is 3.98. The lowest BCUT2D eigenvalue weighted by Crippen LogP contribution is -2.19. The van der Waals surface area contributed by atoms with E-state index in [4.69, 9.17) is 25.5 Å². The van der Waals surface area contributed by atoms with Gasteiger partial charge in [0.25, 0.3) is 0 Å². The van der Waals surface area contributed by atoms with E-state index >= 15 is 0 Å². The monoisotopic (exact) mass is 429 g/mol.